The fraction of sp³-hybridized carbons (Fsp3) is 0.308. The first kappa shape index (κ1) is 13.1. The lowest BCUT2D eigenvalue weighted by molar-refractivity contribution is -0.385. The highest BCUT2D eigenvalue weighted by Crippen LogP contribution is 2.23. The largest absolute Gasteiger partial charge is 0.496 e. The van der Waals surface area contributed by atoms with Crippen LogP contribution in [0.25, 0.3) is 0 Å². The van der Waals surface area contributed by atoms with E-state index in [1.54, 1.807) is 18.5 Å². The molecule has 0 N–H and O–H groups in total. The number of aromatic nitrogens is 2. The summed E-state index contributed by atoms with van der Waals surface area (Å²) in [6, 6.07) is 4.76. The maximum atomic E-state index is 10.9. The molecule has 1 aromatic carbocycles. The van der Waals surface area contributed by atoms with Crippen molar-refractivity contribution in [2.75, 3.05) is 7.11 Å². The predicted octanol–water partition coefficient (Wildman–Crippen LogP) is 2.47. The van der Waals surface area contributed by atoms with Gasteiger partial charge in [-0.3, -0.25) is 10.1 Å². The number of methoxy groups -OCH3 is 1. The molecule has 0 amide bonds. The second kappa shape index (κ2) is 5.09. The van der Waals surface area contributed by atoms with Gasteiger partial charge in [0.2, 0.25) is 0 Å². The van der Waals surface area contributed by atoms with E-state index in [1.165, 1.54) is 13.2 Å². The number of nitro benzene ring substituents is 1. The van der Waals surface area contributed by atoms with E-state index in [0.29, 0.717) is 12.3 Å². The average molecular weight is 261 g/mol. The van der Waals surface area contributed by atoms with E-state index in [2.05, 4.69) is 4.98 Å². The van der Waals surface area contributed by atoms with Crippen molar-refractivity contribution in [1.29, 1.82) is 0 Å². The second-order valence-electron chi connectivity index (χ2n) is 4.34. The fourth-order valence-corrected chi connectivity index (χ4v) is 1.86. The Hall–Kier alpha value is -2.37. The minimum atomic E-state index is -0.419. The van der Waals surface area contributed by atoms with Gasteiger partial charge in [0.05, 0.1) is 30.1 Å². The standard InChI is InChI=1S/C13H15N3O3/c1-9-10(2)15(8-14-9)7-11-4-12(16(17)18)6-13(5-11)19-3/h4-6,8H,7H2,1-3H3. The van der Waals surface area contributed by atoms with Crippen LogP contribution in [0.2, 0.25) is 0 Å². The Morgan fingerprint density at radius 2 is 2.11 bits per heavy atom. The zero-order valence-corrected chi connectivity index (χ0v) is 11.1. The maximum Gasteiger partial charge on any atom is 0.273 e. The van der Waals surface area contributed by atoms with Gasteiger partial charge in [-0.1, -0.05) is 0 Å². The number of ether oxygens (including phenoxy) is 1. The molecule has 0 aliphatic carbocycles. The minimum absolute atomic E-state index is 0.0313. The lowest BCUT2D eigenvalue weighted by Crippen LogP contribution is -2.02. The first-order chi connectivity index (χ1) is 9.01. The van der Waals surface area contributed by atoms with Gasteiger partial charge in [0.25, 0.3) is 5.69 Å². The van der Waals surface area contributed by atoms with Gasteiger partial charge in [-0.25, -0.2) is 4.98 Å². The van der Waals surface area contributed by atoms with Crippen LogP contribution < -0.4 is 4.74 Å². The molecule has 0 spiro atoms. The van der Waals surface area contributed by atoms with Crippen LogP contribution in [0, 0.1) is 24.0 Å². The number of aryl methyl sites for hydroxylation is 1. The third-order valence-corrected chi connectivity index (χ3v) is 3.10. The van der Waals surface area contributed by atoms with Crippen molar-refractivity contribution in [2.45, 2.75) is 20.4 Å². The first-order valence-corrected chi connectivity index (χ1v) is 5.82. The molecule has 6 heteroatoms. The minimum Gasteiger partial charge on any atom is -0.496 e. The molecule has 100 valence electrons. The van der Waals surface area contributed by atoms with Gasteiger partial charge in [0.1, 0.15) is 5.75 Å². The van der Waals surface area contributed by atoms with E-state index in [9.17, 15) is 10.1 Å². The molecule has 0 unspecified atom stereocenters. The molecule has 0 fully saturated rings. The molecular weight excluding hydrogens is 246 g/mol. The number of non-ortho nitro benzene ring substituents is 1. The van der Waals surface area contributed by atoms with Gasteiger partial charge < -0.3 is 9.30 Å². The highest BCUT2D eigenvalue weighted by Gasteiger charge is 2.11. The second-order valence-corrected chi connectivity index (χ2v) is 4.34. The van der Waals surface area contributed by atoms with Crippen LogP contribution in [0.3, 0.4) is 0 Å². The molecule has 0 saturated heterocycles. The predicted molar refractivity (Wildman–Crippen MR) is 70.5 cm³/mol. The van der Waals surface area contributed by atoms with Crippen molar-refractivity contribution in [3.8, 4) is 5.75 Å². The van der Waals surface area contributed by atoms with Crippen LogP contribution in [0.15, 0.2) is 24.5 Å². The van der Waals surface area contributed by atoms with Gasteiger partial charge in [0, 0.05) is 18.3 Å². The Morgan fingerprint density at radius 1 is 1.37 bits per heavy atom. The summed E-state index contributed by atoms with van der Waals surface area (Å²) in [6.07, 6.45) is 1.73. The van der Waals surface area contributed by atoms with Gasteiger partial charge in [-0.15, -0.1) is 0 Å². The van der Waals surface area contributed by atoms with Crippen molar-refractivity contribution in [3.63, 3.8) is 0 Å². The summed E-state index contributed by atoms with van der Waals surface area (Å²) >= 11 is 0. The van der Waals surface area contributed by atoms with E-state index in [0.717, 1.165) is 17.0 Å². The molecule has 1 heterocycles. The number of nitrogens with zero attached hydrogens (tertiary/aromatic N) is 3. The summed E-state index contributed by atoms with van der Waals surface area (Å²) in [4.78, 5) is 14.7. The molecule has 6 nitrogen and oxygen atoms in total. The number of imidazole rings is 1. The van der Waals surface area contributed by atoms with Crippen molar-refractivity contribution in [1.82, 2.24) is 9.55 Å². The van der Waals surface area contributed by atoms with Crippen LogP contribution >= 0.6 is 0 Å². The Balaban J connectivity index is 2.36. The van der Waals surface area contributed by atoms with Crippen LogP contribution in [0.5, 0.6) is 5.75 Å². The first-order valence-electron chi connectivity index (χ1n) is 5.82. The third-order valence-electron chi connectivity index (χ3n) is 3.10. The smallest absolute Gasteiger partial charge is 0.273 e. The maximum absolute atomic E-state index is 10.9. The summed E-state index contributed by atoms with van der Waals surface area (Å²) in [5, 5.41) is 10.9. The zero-order valence-electron chi connectivity index (χ0n) is 11.1. The fourth-order valence-electron chi connectivity index (χ4n) is 1.86. The van der Waals surface area contributed by atoms with E-state index in [-0.39, 0.29) is 5.69 Å². The van der Waals surface area contributed by atoms with Crippen LogP contribution in [0.1, 0.15) is 17.0 Å². The summed E-state index contributed by atoms with van der Waals surface area (Å²) in [7, 11) is 1.50. The molecular formula is C13H15N3O3. The van der Waals surface area contributed by atoms with Gasteiger partial charge in [-0.2, -0.15) is 0 Å². The molecule has 2 aromatic rings. The quantitative estimate of drug-likeness (QED) is 0.626. The van der Waals surface area contributed by atoms with E-state index >= 15 is 0 Å². The zero-order chi connectivity index (χ0) is 14.0. The lowest BCUT2D eigenvalue weighted by atomic mass is 10.2. The molecule has 2 rings (SSSR count). The number of benzene rings is 1. The summed E-state index contributed by atoms with van der Waals surface area (Å²) in [6.45, 7) is 4.43. The van der Waals surface area contributed by atoms with Crippen molar-refractivity contribution < 1.29 is 9.66 Å². The van der Waals surface area contributed by atoms with Gasteiger partial charge >= 0.3 is 0 Å². The van der Waals surface area contributed by atoms with E-state index in [4.69, 9.17) is 4.74 Å². The number of rotatable bonds is 4. The summed E-state index contributed by atoms with van der Waals surface area (Å²) in [5.41, 5.74) is 2.85. The molecule has 0 atom stereocenters. The number of hydrogen-bond acceptors (Lipinski definition) is 4. The molecule has 19 heavy (non-hydrogen) atoms. The Bertz CT molecular complexity index is 620. The summed E-state index contributed by atoms with van der Waals surface area (Å²) in [5.74, 6) is 0.485. The highest BCUT2D eigenvalue weighted by molar-refractivity contribution is 5.43. The van der Waals surface area contributed by atoms with Crippen molar-refractivity contribution in [3.05, 3.63) is 51.6 Å². The molecule has 0 aliphatic heterocycles. The van der Waals surface area contributed by atoms with Crippen LogP contribution in [-0.2, 0) is 6.54 Å². The SMILES string of the molecule is COc1cc(Cn2cnc(C)c2C)cc([N+](=O)[O-])c1. The number of hydrogen-bond donors (Lipinski definition) is 0. The van der Waals surface area contributed by atoms with Crippen LogP contribution in [-0.4, -0.2) is 21.6 Å². The molecule has 0 radical (unpaired) electrons. The normalized spacial score (nSPS) is 10.5. The lowest BCUT2D eigenvalue weighted by Gasteiger charge is -2.08. The van der Waals surface area contributed by atoms with Gasteiger partial charge in [-0.05, 0) is 25.5 Å². The Labute approximate surface area is 110 Å². The van der Waals surface area contributed by atoms with Gasteiger partial charge in [0.15, 0.2) is 0 Å². The third kappa shape index (κ3) is 2.73. The van der Waals surface area contributed by atoms with Crippen LogP contribution in [0.4, 0.5) is 5.69 Å². The Kier molecular flexibility index (Phi) is 3.50. The highest BCUT2D eigenvalue weighted by atomic mass is 16.6. The molecule has 0 aliphatic rings. The monoisotopic (exact) mass is 261 g/mol. The van der Waals surface area contributed by atoms with E-state index < -0.39 is 4.92 Å². The topological polar surface area (TPSA) is 70.2 Å². The molecule has 0 saturated carbocycles. The molecule has 1 aromatic heterocycles. The van der Waals surface area contributed by atoms with E-state index in [1.807, 2.05) is 18.4 Å². The average Bonchev–Trinajstić information content (AvgIpc) is 2.70. The van der Waals surface area contributed by atoms with Crippen molar-refractivity contribution in [2.24, 2.45) is 0 Å². The number of nitro groups is 1. The molecule has 0 bridgehead atoms. The summed E-state index contributed by atoms with van der Waals surface area (Å²) < 4.78 is 7.04. The Morgan fingerprint density at radius 3 is 2.63 bits per heavy atom. The van der Waals surface area contributed by atoms with Crippen molar-refractivity contribution >= 4 is 5.69 Å².